The normalized spacial score (nSPS) is 19.0. The number of aromatic nitrogens is 4. The molecule has 16 heteroatoms. The second-order valence-electron chi connectivity index (χ2n) is 8.63. The van der Waals surface area contributed by atoms with Crippen molar-refractivity contribution in [2.45, 2.75) is 37.5 Å². The number of carbonyl (C=O) groups is 1. The zero-order valence-corrected chi connectivity index (χ0v) is 20.6. The first-order valence-corrected chi connectivity index (χ1v) is 12.4. The lowest BCUT2D eigenvalue weighted by atomic mass is 10.1. The molecule has 1 aliphatic rings. The van der Waals surface area contributed by atoms with Gasteiger partial charge >= 0.3 is 6.18 Å². The number of nitrogens with two attached hydrogens (primary N) is 1. The Morgan fingerprint density at radius 2 is 1.95 bits per heavy atom. The van der Waals surface area contributed by atoms with Crippen LogP contribution in [0.4, 0.5) is 23.4 Å². The van der Waals surface area contributed by atoms with Gasteiger partial charge in [0.1, 0.15) is 23.6 Å². The molecule has 200 valence electrons. The highest BCUT2D eigenvalue weighted by Gasteiger charge is 2.41. The van der Waals surface area contributed by atoms with Crippen LogP contribution in [-0.4, -0.2) is 75.9 Å². The molecule has 0 radical (unpaired) electrons. The third kappa shape index (κ3) is 4.77. The number of alkyl halides is 4. The highest BCUT2D eigenvalue weighted by atomic mass is 32.2. The van der Waals surface area contributed by atoms with Crippen molar-refractivity contribution in [3.8, 4) is 17.1 Å². The van der Waals surface area contributed by atoms with Crippen molar-refractivity contribution in [2.24, 2.45) is 0 Å². The minimum absolute atomic E-state index is 0.0572. The number of amides is 1. The molecule has 0 bridgehead atoms. The van der Waals surface area contributed by atoms with E-state index in [4.69, 9.17) is 10.5 Å². The summed E-state index contributed by atoms with van der Waals surface area (Å²) in [5.74, 6) is -1.43. The number of pyridine rings is 1. The number of carbonyl (C=O) groups excluding carboxylic acids is 1. The van der Waals surface area contributed by atoms with Crippen LogP contribution in [0, 0.1) is 0 Å². The topological polar surface area (TPSA) is 145 Å². The average Bonchev–Trinajstić information content (AvgIpc) is 3.40. The second-order valence-corrected chi connectivity index (χ2v) is 11.1. The van der Waals surface area contributed by atoms with Crippen LogP contribution in [0.1, 0.15) is 29.8 Å². The Morgan fingerprint density at radius 3 is 2.57 bits per heavy atom. The summed E-state index contributed by atoms with van der Waals surface area (Å²) in [5, 5.41) is 5.53. The van der Waals surface area contributed by atoms with Crippen LogP contribution in [0.25, 0.3) is 16.8 Å². The van der Waals surface area contributed by atoms with Crippen LogP contribution in [0.2, 0.25) is 0 Å². The van der Waals surface area contributed by atoms with E-state index in [1.54, 1.807) is 0 Å². The van der Waals surface area contributed by atoms with E-state index >= 15 is 0 Å². The molecule has 3 N–H and O–H groups in total. The second kappa shape index (κ2) is 9.41. The molecule has 2 atom stereocenters. The van der Waals surface area contributed by atoms with Gasteiger partial charge in [0.15, 0.2) is 5.82 Å². The molecule has 1 aliphatic heterocycles. The van der Waals surface area contributed by atoms with Gasteiger partial charge in [-0.1, -0.05) is 0 Å². The molecular formula is C21H23F4N7O4S. The van der Waals surface area contributed by atoms with Crippen molar-refractivity contribution in [3.63, 3.8) is 0 Å². The van der Waals surface area contributed by atoms with Crippen LogP contribution in [-0.2, 0) is 16.2 Å². The maximum Gasteiger partial charge on any atom is 0.418 e. The van der Waals surface area contributed by atoms with Crippen molar-refractivity contribution in [1.29, 1.82) is 0 Å². The standard InChI is InChI=1S/C21H23F4N7O4S/c1-10(2)37(34,35)31-7-14(22)15(8-31)30-19(33)12-4-11(6-27-20(12)36-3)16-5-13(21(23,24)25)17-18(26)28-9-29-32(16)17/h4-6,9-10,14-15H,7-8H2,1-3H3,(H,30,33)(H2,26,28,29)/t14?,15-/m1/s1. The molecule has 0 spiro atoms. The number of ether oxygens (including phenoxy) is 1. The van der Waals surface area contributed by atoms with Crippen molar-refractivity contribution < 1.29 is 35.5 Å². The van der Waals surface area contributed by atoms with Gasteiger partial charge < -0.3 is 15.8 Å². The molecule has 0 aromatic carbocycles. The number of nitrogens with one attached hydrogen (secondary N) is 1. The molecule has 3 aromatic rings. The SMILES string of the molecule is COc1ncc(-c2cc(C(F)(F)F)c3c(N)ncnn23)cc1C(=O)N[C@@H]1CN(S(=O)(=O)C(C)C)CC1F. The summed E-state index contributed by atoms with van der Waals surface area (Å²) in [6.45, 7) is 2.23. The maximum absolute atomic E-state index is 14.7. The number of anilines is 1. The molecule has 37 heavy (non-hydrogen) atoms. The van der Waals surface area contributed by atoms with E-state index in [1.165, 1.54) is 33.2 Å². The minimum atomic E-state index is -4.77. The number of nitrogens with zero attached hydrogens (tertiary/aromatic N) is 5. The lowest BCUT2D eigenvalue weighted by Crippen LogP contribution is -2.42. The average molecular weight is 546 g/mol. The van der Waals surface area contributed by atoms with Gasteiger partial charge in [0.2, 0.25) is 15.9 Å². The van der Waals surface area contributed by atoms with Crippen molar-refractivity contribution >= 4 is 27.3 Å². The van der Waals surface area contributed by atoms with Crippen LogP contribution in [0.3, 0.4) is 0 Å². The summed E-state index contributed by atoms with van der Waals surface area (Å²) in [6.07, 6.45) is -4.29. The summed E-state index contributed by atoms with van der Waals surface area (Å²) in [5.41, 5.74) is 3.90. The predicted molar refractivity (Wildman–Crippen MR) is 124 cm³/mol. The Morgan fingerprint density at radius 1 is 1.24 bits per heavy atom. The molecule has 3 aromatic heterocycles. The number of hydrogen-bond acceptors (Lipinski definition) is 8. The van der Waals surface area contributed by atoms with E-state index in [0.29, 0.717) is 0 Å². The molecule has 0 aliphatic carbocycles. The van der Waals surface area contributed by atoms with Gasteiger partial charge in [-0.2, -0.15) is 22.6 Å². The Bertz CT molecular complexity index is 1460. The van der Waals surface area contributed by atoms with Gasteiger partial charge in [0.05, 0.1) is 29.7 Å². The molecule has 4 rings (SSSR count). The van der Waals surface area contributed by atoms with E-state index in [1.807, 2.05) is 0 Å². The fourth-order valence-electron chi connectivity index (χ4n) is 4.03. The zero-order chi connectivity index (χ0) is 27.3. The summed E-state index contributed by atoms with van der Waals surface area (Å²) in [7, 11) is -2.52. The van der Waals surface area contributed by atoms with Gasteiger partial charge in [-0.25, -0.2) is 27.3 Å². The number of sulfonamides is 1. The highest BCUT2D eigenvalue weighted by molar-refractivity contribution is 7.89. The fourth-order valence-corrected chi connectivity index (χ4v) is 5.34. The van der Waals surface area contributed by atoms with E-state index < -0.39 is 63.0 Å². The minimum Gasteiger partial charge on any atom is -0.480 e. The van der Waals surface area contributed by atoms with Gasteiger partial charge in [0.25, 0.3) is 5.91 Å². The molecular weight excluding hydrogens is 522 g/mol. The van der Waals surface area contributed by atoms with Crippen molar-refractivity contribution in [2.75, 3.05) is 25.9 Å². The predicted octanol–water partition coefficient (Wildman–Crippen LogP) is 1.89. The molecule has 11 nitrogen and oxygen atoms in total. The van der Waals surface area contributed by atoms with Crippen LogP contribution in [0.15, 0.2) is 24.7 Å². The Kier molecular flexibility index (Phi) is 6.74. The van der Waals surface area contributed by atoms with E-state index in [-0.39, 0.29) is 29.2 Å². The quantitative estimate of drug-likeness (QED) is 0.447. The zero-order valence-electron chi connectivity index (χ0n) is 19.8. The largest absolute Gasteiger partial charge is 0.480 e. The third-order valence-corrected chi connectivity index (χ3v) is 8.17. The Labute approximate surface area is 208 Å². The molecule has 1 saturated heterocycles. The number of fused-ring (bicyclic) bond motifs is 1. The summed E-state index contributed by atoms with van der Waals surface area (Å²) in [6, 6.07) is 0.855. The summed E-state index contributed by atoms with van der Waals surface area (Å²) < 4.78 is 87.5. The van der Waals surface area contributed by atoms with Crippen LogP contribution < -0.4 is 15.8 Å². The fraction of sp³-hybridized carbons (Fsp3) is 0.429. The van der Waals surface area contributed by atoms with E-state index in [2.05, 4.69) is 20.4 Å². The molecule has 1 unspecified atom stereocenters. The highest BCUT2D eigenvalue weighted by Crippen LogP contribution is 2.39. The smallest absolute Gasteiger partial charge is 0.418 e. The van der Waals surface area contributed by atoms with Gasteiger partial charge in [0, 0.05) is 24.8 Å². The Hall–Kier alpha value is -3.53. The van der Waals surface area contributed by atoms with Crippen LogP contribution in [0.5, 0.6) is 5.88 Å². The third-order valence-electron chi connectivity index (χ3n) is 5.96. The molecule has 1 fully saturated rings. The maximum atomic E-state index is 14.7. The first kappa shape index (κ1) is 26.5. The number of nitrogen functional groups attached to an aromatic ring is 1. The summed E-state index contributed by atoms with van der Waals surface area (Å²) >= 11 is 0. The van der Waals surface area contributed by atoms with Gasteiger partial charge in [-0.3, -0.25) is 4.79 Å². The molecule has 1 amide bonds. The van der Waals surface area contributed by atoms with Crippen molar-refractivity contribution in [1.82, 2.24) is 29.2 Å². The van der Waals surface area contributed by atoms with Crippen LogP contribution >= 0.6 is 0 Å². The first-order chi connectivity index (χ1) is 17.3. The van der Waals surface area contributed by atoms with Gasteiger partial charge in [-0.15, -0.1) is 0 Å². The molecule has 0 saturated carbocycles. The monoisotopic (exact) mass is 545 g/mol. The number of hydrogen-bond donors (Lipinski definition) is 2. The van der Waals surface area contributed by atoms with E-state index in [0.717, 1.165) is 21.2 Å². The lowest BCUT2D eigenvalue weighted by Gasteiger charge is -2.19. The van der Waals surface area contributed by atoms with E-state index in [9.17, 15) is 30.8 Å². The number of methoxy groups -OCH3 is 1. The van der Waals surface area contributed by atoms with Gasteiger partial charge in [-0.05, 0) is 26.0 Å². The van der Waals surface area contributed by atoms with Crippen molar-refractivity contribution in [3.05, 3.63) is 35.8 Å². The molecule has 4 heterocycles. The number of halogens is 4. The lowest BCUT2D eigenvalue weighted by molar-refractivity contribution is -0.136. The summed E-state index contributed by atoms with van der Waals surface area (Å²) in [4.78, 5) is 20.7. The number of rotatable bonds is 6. The first-order valence-electron chi connectivity index (χ1n) is 10.9. The Balaban J connectivity index is 1.70.